The second-order valence-corrected chi connectivity index (χ2v) is 7.35. The van der Waals surface area contributed by atoms with Crippen LogP contribution in [0, 0.1) is 13.8 Å². The van der Waals surface area contributed by atoms with Crippen molar-refractivity contribution in [1.29, 1.82) is 0 Å². The summed E-state index contributed by atoms with van der Waals surface area (Å²) in [5.41, 5.74) is 3.69. The molecule has 0 aromatic heterocycles. The van der Waals surface area contributed by atoms with Crippen LogP contribution >= 0.6 is 11.8 Å². The molecule has 1 fully saturated rings. The third kappa shape index (κ3) is 4.65. The van der Waals surface area contributed by atoms with Crippen molar-refractivity contribution in [2.24, 2.45) is 0 Å². The molecule has 5 nitrogen and oxygen atoms in total. The van der Waals surface area contributed by atoms with E-state index in [1.807, 2.05) is 62.4 Å². The summed E-state index contributed by atoms with van der Waals surface area (Å²) in [5.74, 6) is -0.582. The first-order valence-electron chi connectivity index (χ1n) is 8.61. The number of hydrogen-bond acceptors (Lipinski definition) is 4. The summed E-state index contributed by atoms with van der Waals surface area (Å²) >= 11 is 0.903. The fourth-order valence-electron chi connectivity index (χ4n) is 2.77. The molecule has 0 atom stereocenters. The number of anilines is 1. The fourth-order valence-corrected chi connectivity index (χ4v) is 3.64. The van der Waals surface area contributed by atoms with Crippen LogP contribution in [0.3, 0.4) is 0 Å². The van der Waals surface area contributed by atoms with Gasteiger partial charge in [-0.2, -0.15) is 0 Å². The topological polar surface area (TPSA) is 66.5 Å². The number of amides is 3. The lowest BCUT2D eigenvalue weighted by Gasteiger charge is -2.13. The van der Waals surface area contributed by atoms with Gasteiger partial charge < -0.3 is 5.32 Å². The van der Waals surface area contributed by atoms with Crippen LogP contribution in [0.5, 0.6) is 0 Å². The van der Waals surface area contributed by atoms with Crippen molar-refractivity contribution in [3.8, 4) is 0 Å². The Morgan fingerprint density at radius 1 is 1.11 bits per heavy atom. The summed E-state index contributed by atoms with van der Waals surface area (Å²) in [5, 5.41) is 2.49. The molecule has 138 valence electrons. The van der Waals surface area contributed by atoms with Crippen LogP contribution in [-0.4, -0.2) is 28.5 Å². The van der Waals surface area contributed by atoms with E-state index in [9.17, 15) is 14.4 Å². The first-order valence-corrected chi connectivity index (χ1v) is 9.43. The average molecular weight is 380 g/mol. The quantitative estimate of drug-likeness (QED) is 0.782. The number of thioether (sulfide) groups is 1. The number of aryl methyl sites for hydroxylation is 2. The van der Waals surface area contributed by atoms with Crippen LogP contribution in [0.15, 0.2) is 53.4 Å². The second-order valence-electron chi connectivity index (χ2n) is 6.36. The van der Waals surface area contributed by atoms with Gasteiger partial charge >= 0.3 is 0 Å². The maximum atomic E-state index is 12.5. The van der Waals surface area contributed by atoms with Gasteiger partial charge in [-0.15, -0.1) is 0 Å². The summed E-state index contributed by atoms with van der Waals surface area (Å²) in [6.45, 7) is 3.97. The van der Waals surface area contributed by atoms with E-state index in [0.29, 0.717) is 4.91 Å². The van der Waals surface area contributed by atoms with Gasteiger partial charge in [-0.1, -0.05) is 48.0 Å². The van der Waals surface area contributed by atoms with Crippen LogP contribution in [0.4, 0.5) is 10.5 Å². The van der Waals surface area contributed by atoms with E-state index in [2.05, 4.69) is 5.32 Å². The summed E-state index contributed by atoms with van der Waals surface area (Å²) < 4.78 is 0. The molecule has 3 rings (SSSR count). The van der Waals surface area contributed by atoms with E-state index in [1.54, 1.807) is 6.08 Å². The molecule has 3 amide bonds. The Bertz CT molecular complexity index is 922. The van der Waals surface area contributed by atoms with Gasteiger partial charge in [0, 0.05) is 18.7 Å². The Kier molecular flexibility index (Phi) is 5.76. The molecule has 2 aromatic carbocycles. The van der Waals surface area contributed by atoms with Gasteiger partial charge in [-0.3, -0.25) is 19.3 Å². The minimum absolute atomic E-state index is 0.0595. The predicted octanol–water partition coefficient (Wildman–Crippen LogP) is 4.37. The molecule has 0 unspecified atom stereocenters. The van der Waals surface area contributed by atoms with Gasteiger partial charge in [0.05, 0.1) is 4.91 Å². The fraction of sp³-hybridized carbons (Fsp3) is 0.190. The van der Waals surface area contributed by atoms with E-state index in [0.717, 1.165) is 39.0 Å². The number of carbonyl (C=O) groups is 3. The monoisotopic (exact) mass is 380 g/mol. The lowest BCUT2D eigenvalue weighted by atomic mass is 10.1. The number of carbonyl (C=O) groups excluding carboxylic acids is 3. The molecular weight excluding hydrogens is 360 g/mol. The maximum absolute atomic E-state index is 12.5. The van der Waals surface area contributed by atoms with E-state index in [-0.39, 0.29) is 30.0 Å². The van der Waals surface area contributed by atoms with Gasteiger partial charge in [-0.25, -0.2) is 0 Å². The van der Waals surface area contributed by atoms with Crippen LogP contribution in [0.1, 0.15) is 23.1 Å². The van der Waals surface area contributed by atoms with E-state index in [4.69, 9.17) is 0 Å². The van der Waals surface area contributed by atoms with Gasteiger partial charge in [-0.05, 0) is 48.9 Å². The SMILES string of the molecule is Cc1ccc(NC(=O)CCN2C(=O)SC(=Cc3ccccc3)C2=O)c(C)c1. The zero-order valence-corrected chi connectivity index (χ0v) is 16.0. The van der Waals surface area contributed by atoms with Crippen LogP contribution in [-0.2, 0) is 9.59 Å². The van der Waals surface area contributed by atoms with Crippen molar-refractivity contribution < 1.29 is 14.4 Å². The number of imide groups is 1. The Balaban J connectivity index is 1.60. The third-order valence-corrected chi connectivity index (χ3v) is 5.10. The number of benzene rings is 2. The van der Waals surface area contributed by atoms with Gasteiger partial charge in [0.1, 0.15) is 0 Å². The smallest absolute Gasteiger partial charge is 0.293 e. The predicted molar refractivity (Wildman–Crippen MR) is 108 cm³/mol. The number of nitrogens with zero attached hydrogens (tertiary/aromatic N) is 1. The normalized spacial score (nSPS) is 15.5. The maximum Gasteiger partial charge on any atom is 0.293 e. The largest absolute Gasteiger partial charge is 0.326 e. The van der Waals surface area contributed by atoms with Crippen molar-refractivity contribution in [3.05, 3.63) is 70.1 Å². The molecule has 0 radical (unpaired) electrons. The van der Waals surface area contributed by atoms with E-state index < -0.39 is 0 Å². The number of nitrogens with one attached hydrogen (secondary N) is 1. The Hall–Kier alpha value is -2.86. The van der Waals surface area contributed by atoms with Crippen molar-refractivity contribution in [3.63, 3.8) is 0 Å². The summed E-state index contributed by atoms with van der Waals surface area (Å²) in [4.78, 5) is 38.3. The van der Waals surface area contributed by atoms with Gasteiger partial charge in [0.2, 0.25) is 5.91 Å². The van der Waals surface area contributed by atoms with Crippen molar-refractivity contribution in [2.75, 3.05) is 11.9 Å². The second kappa shape index (κ2) is 8.22. The highest BCUT2D eigenvalue weighted by molar-refractivity contribution is 8.18. The van der Waals surface area contributed by atoms with Gasteiger partial charge in [0.15, 0.2) is 0 Å². The van der Waals surface area contributed by atoms with Crippen LogP contribution in [0.25, 0.3) is 6.08 Å². The molecule has 0 spiro atoms. The lowest BCUT2D eigenvalue weighted by molar-refractivity contribution is -0.123. The van der Waals surface area contributed by atoms with Crippen molar-refractivity contribution >= 4 is 40.6 Å². The molecule has 1 aliphatic rings. The molecule has 0 saturated carbocycles. The minimum atomic E-state index is -0.354. The lowest BCUT2D eigenvalue weighted by Crippen LogP contribution is -2.31. The molecule has 27 heavy (non-hydrogen) atoms. The molecular formula is C21H20N2O3S. The standard InChI is InChI=1S/C21H20N2O3S/c1-14-8-9-17(15(2)12-14)22-19(24)10-11-23-20(25)18(27-21(23)26)13-16-6-4-3-5-7-16/h3-9,12-13H,10-11H2,1-2H3,(H,22,24). The molecule has 1 saturated heterocycles. The van der Waals surface area contributed by atoms with E-state index >= 15 is 0 Å². The molecule has 6 heteroatoms. The zero-order valence-electron chi connectivity index (χ0n) is 15.2. The Morgan fingerprint density at radius 2 is 1.85 bits per heavy atom. The average Bonchev–Trinajstić information content (AvgIpc) is 2.90. The zero-order chi connectivity index (χ0) is 19.4. The minimum Gasteiger partial charge on any atom is -0.326 e. The first-order chi connectivity index (χ1) is 12.9. The molecule has 1 aliphatic heterocycles. The summed E-state index contributed by atoms with van der Waals surface area (Å²) in [6, 6.07) is 15.1. The molecule has 0 bridgehead atoms. The molecule has 2 aromatic rings. The molecule has 1 N–H and O–H groups in total. The van der Waals surface area contributed by atoms with Crippen molar-refractivity contribution in [2.45, 2.75) is 20.3 Å². The van der Waals surface area contributed by atoms with Crippen LogP contribution in [0.2, 0.25) is 0 Å². The highest BCUT2D eigenvalue weighted by atomic mass is 32.2. The summed E-state index contributed by atoms with van der Waals surface area (Å²) in [6.07, 6.45) is 1.75. The van der Waals surface area contributed by atoms with Crippen molar-refractivity contribution in [1.82, 2.24) is 4.90 Å². The molecule has 0 aliphatic carbocycles. The highest BCUT2D eigenvalue weighted by Gasteiger charge is 2.35. The highest BCUT2D eigenvalue weighted by Crippen LogP contribution is 2.32. The Labute approximate surface area is 162 Å². The van der Waals surface area contributed by atoms with Gasteiger partial charge in [0.25, 0.3) is 11.1 Å². The number of rotatable bonds is 5. The molecule has 1 heterocycles. The number of hydrogen-bond donors (Lipinski definition) is 1. The third-order valence-electron chi connectivity index (χ3n) is 4.19. The van der Waals surface area contributed by atoms with Crippen LogP contribution < -0.4 is 5.32 Å². The van der Waals surface area contributed by atoms with E-state index in [1.165, 1.54) is 0 Å². The summed E-state index contributed by atoms with van der Waals surface area (Å²) in [7, 11) is 0. The Morgan fingerprint density at radius 3 is 2.56 bits per heavy atom. The first kappa shape index (κ1) is 18.9.